The van der Waals surface area contributed by atoms with E-state index in [-0.39, 0.29) is 23.2 Å². The van der Waals surface area contributed by atoms with Crippen molar-refractivity contribution in [1.29, 1.82) is 0 Å². The predicted molar refractivity (Wildman–Crippen MR) is 99.8 cm³/mol. The van der Waals surface area contributed by atoms with Crippen LogP contribution in [0.25, 0.3) is 0 Å². The third-order valence-corrected chi connectivity index (χ3v) is 4.67. The Morgan fingerprint density at radius 2 is 1.74 bits per heavy atom. The first-order chi connectivity index (χ1) is 12.6. The molecule has 8 heteroatoms. The molecule has 0 aliphatic carbocycles. The van der Waals surface area contributed by atoms with Crippen LogP contribution < -0.4 is 0 Å². The van der Waals surface area contributed by atoms with Crippen molar-refractivity contribution in [1.82, 2.24) is 19.8 Å². The standard InChI is InChI=1S/C19H30N4O4/c1-19(2,3)15-13-14(21(4)20-15)18(26)23-12-8-11-22(23)16(24)9-6-7-10-17(25)27-5/h13H,6-12H2,1-5H3. The van der Waals surface area contributed by atoms with E-state index in [1.165, 1.54) is 17.1 Å². The first kappa shape index (κ1) is 20.9. The van der Waals surface area contributed by atoms with Crippen LogP contribution in [0.2, 0.25) is 0 Å². The third-order valence-electron chi connectivity index (χ3n) is 4.67. The van der Waals surface area contributed by atoms with Crippen molar-refractivity contribution in [3.05, 3.63) is 17.5 Å². The topological polar surface area (TPSA) is 84.7 Å². The maximum absolute atomic E-state index is 13.0. The van der Waals surface area contributed by atoms with E-state index in [4.69, 9.17) is 0 Å². The van der Waals surface area contributed by atoms with Crippen LogP contribution in [0.15, 0.2) is 6.07 Å². The summed E-state index contributed by atoms with van der Waals surface area (Å²) in [5, 5.41) is 7.50. The molecule has 0 radical (unpaired) electrons. The number of aryl methyl sites for hydroxylation is 1. The number of hydrazine groups is 1. The highest BCUT2D eigenvalue weighted by molar-refractivity contribution is 5.94. The van der Waals surface area contributed by atoms with Crippen LogP contribution >= 0.6 is 0 Å². The zero-order valence-corrected chi connectivity index (χ0v) is 16.9. The van der Waals surface area contributed by atoms with Crippen molar-refractivity contribution in [2.75, 3.05) is 20.2 Å². The average Bonchev–Trinajstić information content (AvgIpc) is 3.24. The summed E-state index contributed by atoms with van der Waals surface area (Å²) in [6.07, 6.45) is 2.54. The fourth-order valence-electron chi connectivity index (χ4n) is 3.03. The zero-order chi connectivity index (χ0) is 20.2. The number of esters is 1. The molecule has 2 heterocycles. The Morgan fingerprint density at radius 3 is 2.33 bits per heavy atom. The zero-order valence-electron chi connectivity index (χ0n) is 16.9. The molecule has 0 unspecified atom stereocenters. The lowest BCUT2D eigenvalue weighted by molar-refractivity contribution is -0.142. The van der Waals surface area contributed by atoms with E-state index >= 15 is 0 Å². The molecule has 1 fully saturated rings. The summed E-state index contributed by atoms with van der Waals surface area (Å²) >= 11 is 0. The molecule has 0 bridgehead atoms. The third kappa shape index (κ3) is 5.08. The molecule has 8 nitrogen and oxygen atoms in total. The molecular formula is C19H30N4O4. The molecule has 0 atom stereocenters. The molecular weight excluding hydrogens is 348 g/mol. The molecule has 150 valence electrons. The smallest absolute Gasteiger partial charge is 0.305 e. The summed E-state index contributed by atoms with van der Waals surface area (Å²) in [5.74, 6) is -0.573. The van der Waals surface area contributed by atoms with Crippen LogP contribution in [0.4, 0.5) is 0 Å². The highest BCUT2D eigenvalue weighted by atomic mass is 16.5. The number of carbonyl (C=O) groups is 3. The van der Waals surface area contributed by atoms with Gasteiger partial charge in [0.2, 0.25) is 5.91 Å². The van der Waals surface area contributed by atoms with Crippen LogP contribution in [0.3, 0.4) is 0 Å². The molecule has 27 heavy (non-hydrogen) atoms. The normalized spacial score (nSPS) is 14.6. The molecule has 0 aromatic carbocycles. The molecule has 1 aromatic heterocycles. The van der Waals surface area contributed by atoms with Gasteiger partial charge in [0, 0.05) is 38.4 Å². The summed E-state index contributed by atoms with van der Waals surface area (Å²) in [5.41, 5.74) is 1.16. The van der Waals surface area contributed by atoms with Gasteiger partial charge in [-0.1, -0.05) is 20.8 Å². The predicted octanol–water partition coefficient (Wildman–Crippen LogP) is 2.04. The average molecular weight is 378 g/mol. The number of methoxy groups -OCH3 is 1. The van der Waals surface area contributed by atoms with Crippen molar-refractivity contribution < 1.29 is 19.1 Å². The second kappa shape index (κ2) is 8.54. The number of hydrogen-bond acceptors (Lipinski definition) is 5. The number of carbonyl (C=O) groups excluding carboxylic acids is 3. The van der Waals surface area contributed by atoms with Crippen molar-refractivity contribution in [3.63, 3.8) is 0 Å². The Balaban J connectivity index is 2.01. The van der Waals surface area contributed by atoms with Crippen LogP contribution in [0.1, 0.15) is 69.1 Å². The Hall–Kier alpha value is -2.38. The molecule has 0 saturated carbocycles. The second-order valence-electron chi connectivity index (χ2n) is 7.87. The second-order valence-corrected chi connectivity index (χ2v) is 7.87. The van der Waals surface area contributed by atoms with Gasteiger partial charge in [0.05, 0.1) is 12.8 Å². The largest absolute Gasteiger partial charge is 0.469 e. The monoisotopic (exact) mass is 378 g/mol. The van der Waals surface area contributed by atoms with Crippen molar-refractivity contribution >= 4 is 17.8 Å². The van der Waals surface area contributed by atoms with E-state index in [9.17, 15) is 14.4 Å². The van der Waals surface area contributed by atoms with E-state index in [0.29, 0.717) is 44.5 Å². The molecule has 0 spiro atoms. The Labute approximate surface area is 160 Å². The summed E-state index contributed by atoms with van der Waals surface area (Å²) in [6, 6.07) is 1.81. The lowest BCUT2D eigenvalue weighted by atomic mass is 9.92. The van der Waals surface area contributed by atoms with Gasteiger partial charge in [-0.3, -0.25) is 24.1 Å². The molecule has 0 N–H and O–H groups in total. The van der Waals surface area contributed by atoms with Crippen LogP contribution in [-0.2, 0) is 26.8 Å². The number of hydrogen-bond donors (Lipinski definition) is 0. The first-order valence-electron chi connectivity index (χ1n) is 9.38. The lowest BCUT2D eigenvalue weighted by Gasteiger charge is -2.27. The van der Waals surface area contributed by atoms with E-state index in [1.807, 2.05) is 20.8 Å². The minimum Gasteiger partial charge on any atom is -0.469 e. The van der Waals surface area contributed by atoms with Crippen molar-refractivity contribution in [3.8, 4) is 0 Å². The highest BCUT2D eigenvalue weighted by Crippen LogP contribution is 2.23. The van der Waals surface area contributed by atoms with E-state index in [1.54, 1.807) is 17.8 Å². The molecule has 2 amide bonds. The maximum atomic E-state index is 13.0. The Bertz CT molecular complexity index is 705. The number of rotatable bonds is 6. The molecule has 1 saturated heterocycles. The van der Waals surface area contributed by atoms with Gasteiger partial charge >= 0.3 is 5.97 Å². The van der Waals surface area contributed by atoms with Gasteiger partial charge in [-0.2, -0.15) is 5.10 Å². The van der Waals surface area contributed by atoms with Crippen LogP contribution in [-0.4, -0.2) is 57.8 Å². The Kier molecular flexibility index (Phi) is 6.62. The van der Waals surface area contributed by atoms with Gasteiger partial charge in [-0.15, -0.1) is 0 Å². The molecule has 2 rings (SSSR count). The van der Waals surface area contributed by atoms with E-state index in [0.717, 1.165) is 12.1 Å². The molecule has 1 aromatic rings. The van der Waals surface area contributed by atoms with Gasteiger partial charge in [-0.05, 0) is 25.3 Å². The van der Waals surface area contributed by atoms with Crippen molar-refractivity contribution in [2.24, 2.45) is 7.05 Å². The number of aromatic nitrogens is 2. The fourth-order valence-corrected chi connectivity index (χ4v) is 3.03. The van der Waals surface area contributed by atoms with Crippen molar-refractivity contribution in [2.45, 2.75) is 58.3 Å². The van der Waals surface area contributed by atoms with Gasteiger partial charge in [0.15, 0.2) is 0 Å². The Morgan fingerprint density at radius 1 is 1.11 bits per heavy atom. The summed E-state index contributed by atoms with van der Waals surface area (Å²) in [6.45, 7) is 7.19. The van der Waals surface area contributed by atoms with Gasteiger partial charge in [0.25, 0.3) is 5.91 Å². The van der Waals surface area contributed by atoms with Crippen LogP contribution in [0.5, 0.6) is 0 Å². The number of nitrogens with zero attached hydrogens (tertiary/aromatic N) is 4. The number of unbranched alkanes of at least 4 members (excludes halogenated alkanes) is 1. The highest BCUT2D eigenvalue weighted by Gasteiger charge is 2.33. The lowest BCUT2D eigenvalue weighted by Crippen LogP contribution is -2.45. The number of ether oxygens (including phenoxy) is 1. The van der Waals surface area contributed by atoms with Crippen LogP contribution in [0, 0.1) is 0 Å². The summed E-state index contributed by atoms with van der Waals surface area (Å²) in [4.78, 5) is 36.7. The number of amides is 2. The quantitative estimate of drug-likeness (QED) is 0.559. The van der Waals surface area contributed by atoms with Gasteiger partial charge in [0.1, 0.15) is 5.69 Å². The van der Waals surface area contributed by atoms with Gasteiger partial charge < -0.3 is 4.74 Å². The SMILES string of the molecule is COC(=O)CCCCC(=O)N1CCCN1C(=O)c1cc(C(C)(C)C)nn1C. The molecule has 1 aliphatic rings. The van der Waals surface area contributed by atoms with E-state index < -0.39 is 0 Å². The first-order valence-corrected chi connectivity index (χ1v) is 9.38. The van der Waals surface area contributed by atoms with Gasteiger partial charge in [-0.25, -0.2) is 5.01 Å². The fraction of sp³-hybridized carbons (Fsp3) is 0.684. The molecule has 1 aliphatic heterocycles. The summed E-state index contributed by atoms with van der Waals surface area (Å²) in [7, 11) is 3.10. The minimum atomic E-state index is -0.272. The van der Waals surface area contributed by atoms with E-state index in [2.05, 4.69) is 9.84 Å². The maximum Gasteiger partial charge on any atom is 0.305 e. The summed E-state index contributed by atoms with van der Waals surface area (Å²) < 4.78 is 6.18. The minimum absolute atomic E-state index is 0.0936.